The lowest BCUT2D eigenvalue weighted by Gasteiger charge is -2.33. The van der Waals surface area contributed by atoms with Crippen LogP contribution in [0.1, 0.15) is 16.7 Å². The second-order valence-corrected chi connectivity index (χ2v) is 12.5. The largest absolute Gasteiger partial charge is 0.357 e. The molecule has 1 atom stereocenters. The van der Waals surface area contributed by atoms with Gasteiger partial charge in [0.2, 0.25) is 11.8 Å². The normalized spacial score (nSPS) is 11.9. The minimum atomic E-state index is -4.20. The second kappa shape index (κ2) is 13.9. The Morgan fingerprint density at radius 3 is 2.12 bits per heavy atom. The molecular weight excluding hydrogens is 593 g/mol. The van der Waals surface area contributed by atoms with Crippen molar-refractivity contribution < 1.29 is 18.0 Å². The fourth-order valence-electron chi connectivity index (χ4n) is 4.60. The molecule has 4 rings (SSSR count). The van der Waals surface area contributed by atoms with Crippen LogP contribution in [0.3, 0.4) is 0 Å². The zero-order valence-electron chi connectivity index (χ0n) is 23.2. The van der Waals surface area contributed by atoms with Crippen LogP contribution in [-0.4, -0.2) is 44.8 Å². The third kappa shape index (κ3) is 7.70. The molecule has 0 aliphatic rings. The fraction of sp³-hybridized carbons (Fsp3) is 0.188. The van der Waals surface area contributed by atoms with E-state index < -0.39 is 28.5 Å². The van der Waals surface area contributed by atoms with E-state index >= 15 is 0 Å². The summed E-state index contributed by atoms with van der Waals surface area (Å²) in [6.45, 7) is 1.33. The first-order valence-corrected chi connectivity index (χ1v) is 15.4. The summed E-state index contributed by atoms with van der Waals surface area (Å²) in [5.74, 6) is -0.935. The molecule has 0 spiro atoms. The Kier molecular flexibility index (Phi) is 10.3. The second-order valence-electron chi connectivity index (χ2n) is 9.78. The van der Waals surface area contributed by atoms with Crippen molar-refractivity contribution in [2.45, 2.75) is 30.8 Å². The van der Waals surface area contributed by atoms with Crippen LogP contribution in [0.25, 0.3) is 0 Å². The van der Waals surface area contributed by atoms with Crippen LogP contribution < -0.4 is 9.62 Å². The first-order valence-electron chi connectivity index (χ1n) is 13.2. The van der Waals surface area contributed by atoms with Gasteiger partial charge in [-0.05, 0) is 72.1 Å². The fourth-order valence-corrected chi connectivity index (χ4v) is 6.34. The van der Waals surface area contributed by atoms with Gasteiger partial charge in [-0.25, -0.2) is 8.42 Å². The molecule has 0 bridgehead atoms. The molecule has 0 fully saturated rings. The van der Waals surface area contributed by atoms with Crippen molar-refractivity contribution in [2.75, 3.05) is 17.9 Å². The number of hydrogen-bond donors (Lipinski definition) is 1. The first kappa shape index (κ1) is 31.1. The maximum absolute atomic E-state index is 14.3. The highest BCUT2D eigenvalue weighted by Crippen LogP contribution is 2.27. The summed E-state index contributed by atoms with van der Waals surface area (Å²) >= 11 is 12.3. The number of sulfonamides is 1. The number of anilines is 1. The monoisotopic (exact) mass is 623 g/mol. The van der Waals surface area contributed by atoms with Gasteiger partial charge in [-0.1, -0.05) is 77.8 Å². The van der Waals surface area contributed by atoms with Crippen molar-refractivity contribution in [1.29, 1.82) is 0 Å². The van der Waals surface area contributed by atoms with Crippen molar-refractivity contribution in [3.8, 4) is 0 Å². The van der Waals surface area contributed by atoms with Crippen molar-refractivity contribution in [3.05, 3.63) is 130 Å². The molecule has 4 aromatic carbocycles. The Balaban J connectivity index is 1.79. The third-order valence-electron chi connectivity index (χ3n) is 6.73. The number of rotatable bonds is 11. The molecule has 10 heteroatoms. The highest BCUT2D eigenvalue weighted by atomic mass is 35.5. The van der Waals surface area contributed by atoms with Crippen LogP contribution in [0, 0.1) is 6.92 Å². The minimum Gasteiger partial charge on any atom is -0.357 e. The number of nitrogens with zero attached hydrogens (tertiary/aromatic N) is 2. The molecule has 0 radical (unpaired) electrons. The number of benzene rings is 4. The molecule has 0 saturated heterocycles. The Bertz CT molecular complexity index is 1650. The lowest BCUT2D eigenvalue weighted by molar-refractivity contribution is -0.139. The lowest BCUT2D eigenvalue weighted by Crippen LogP contribution is -2.53. The zero-order valence-corrected chi connectivity index (χ0v) is 25.5. The SMILES string of the molecule is CNC(=O)[C@@H](Cc1ccccc1)N(Cc1cccc(Cl)c1)C(=O)CN(c1cccc(C)c1)S(=O)(=O)c1ccc(Cl)cc1. The number of likely N-dealkylation sites (N-methyl/N-ethyl adjacent to an activating group) is 1. The molecule has 218 valence electrons. The molecule has 7 nitrogen and oxygen atoms in total. The number of carbonyl (C=O) groups is 2. The van der Waals surface area contributed by atoms with Crippen molar-refractivity contribution >= 4 is 50.7 Å². The van der Waals surface area contributed by atoms with E-state index in [2.05, 4.69) is 5.32 Å². The van der Waals surface area contributed by atoms with Gasteiger partial charge in [0.15, 0.2) is 0 Å². The number of carbonyl (C=O) groups excluding carboxylic acids is 2. The van der Waals surface area contributed by atoms with Gasteiger partial charge in [-0.15, -0.1) is 0 Å². The number of hydrogen-bond acceptors (Lipinski definition) is 4. The summed E-state index contributed by atoms with van der Waals surface area (Å²) in [6, 6.07) is 28.1. The summed E-state index contributed by atoms with van der Waals surface area (Å²) < 4.78 is 29.0. The van der Waals surface area contributed by atoms with E-state index in [1.807, 2.05) is 43.3 Å². The minimum absolute atomic E-state index is 0.0188. The molecule has 2 amide bonds. The van der Waals surface area contributed by atoms with E-state index in [9.17, 15) is 18.0 Å². The molecule has 0 unspecified atom stereocenters. The molecule has 0 aliphatic heterocycles. The van der Waals surface area contributed by atoms with Gasteiger partial charge >= 0.3 is 0 Å². The third-order valence-corrected chi connectivity index (χ3v) is 9.00. The van der Waals surface area contributed by atoms with Gasteiger partial charge < -0.3 is 10.2 Å². The molecule has 0 aliphatic carbocycles. The number of amides is 2. The van der Waals surface area contributed by atoms with Crippen LogP contribution in [0.5, 0.6) is 0 Å². The number of nitrogens with one attached hydrogen (secondary N) is 1. The van der Waals surface area contributed by atoms with Gasteiger partial charge in [0.25, 0.3) is 10.0 Å². The summed E-state index contributed by atoms with van der Waals surface area (Å²) in [5.41, 5.74) is 2.68. The van der Waals surface area contributed by atoms with Crippen molar-refractivity contribution in [2.24, 2.45) is 0 Å². The molecule has 42 heavy (non-hydrogen) atoms. The van der Waals surface area contributed by atoms with Gasteiger partial charge in [0.05, 0.1) is 10.6 Å². The Morgan fingerprint density at radius 1 is 0.810 bits per heavy atom. The highest BCUT2D eigenvalue weighted by molar-refractivity contribution is 7.92. The maximum atomic E-state index is 14.3. The molecular formula is C32H31Cl2N3O4S. The number of aryl methyl sites for hydroxylation is 1. The summed E-state index contributed by atoms with van der Waals surface area (Å²) in [5, 5.41) is 3.53. The first-order chi connectivity index (χ1) is 20.1. The average molecular weight is 625 g/mol. The predicted octanol–water partition coefficient (Wildman–Crippen LogP) is 5.88. The van der Waals surface area contributed by atoms with E-state index in [1.165, 1.54) is 36.2 Å². The summed E-state index contributed by atoms with van der Waals surface area (Å²) in [4.78, 5) is 29.0. The van der Waals surface area contributed by atoms with Crippen LogP contribution >= 0.6 is 23.2 Å². The van der Waals surface area contributed by atoms with Gasteiger partial charge in [-0.2, -0.15) is 0 Å². The molecule has 4 aromatic rings. The average Bonchev–Trinajstić information content (AvgIpc) is 2.98. The van der Waals surface area contributed by atoms with Crippen LogP contribution in [0.2, 0.25) is 10.0 Å². The molecule has 0 heterocycles. The summed E-state index contributed by atoms with van der Waals surface area (Å²) in [6.07, 6.45) is 0.223. The maximum Gasteiger partial charge on any atom is 0.264 e. The predicted molar refractivity (Wildman–Crippen MR) is 167 cm³/mol. The topological polar surface area (TPSA) is 86.8 Å². The smallest absolute Gasteiger partial charge is 0.264 e. The molecule has 0 aromatic heterocycles. The van der Waals surface area contributed by atoms with Crippen molar-refractivity contribution in [1.82, 2.24) is 10.2 Å². The van der Waals surface area contributed by atoms with Gasteiger partial charge in [0, 0.05) is 30.1 Å². The lowest BCUT2D eigenvalue weighted by atomic mass is 10.0. The van der Waals surface area contributed by atoms with Crippen LogP contribution in [0.4, 0.5) is 5.69 Å². The van der Waals surface area contributed by atoms with Crippen LogP contribution in [-0.2, 0) is 32.6 Å². The van der Waals surface area contributed by atoms with Crippen LogP contribution in [0.15, 0.2) is 108 Å². The Labute approximate surface area is 256 Å². The van der Waals surface area contributed by atoms with Gasteiger partial charge in [-0.3, -0.25) is 13.9 Å². The summed E-state index contributed by atoms with van der Waals surface area (Å²) in [7, 11) is -2.69. The van der Waals surface area contributed by atoms with Gasteiger partial charge in [0.1, 0.15) is 12.6 Å². The number of halogens is 2. The van der Waals surface area contributed by atoms with E-state index in [4.69, 9.17) is 23.2 Å². The zero-order chi connectivity index (χ0) is 30.3. The Morgan fingerprint density at radius 2 is 1.48 bits per heavy atom. The Hall–Kier alpha value is -3.85. The molecule has 0 saturated carbocycles. The van der Waals surface area contributed by atoms with E-state index in [0.717, 1.165) is 15.4 Å². The van der Waals surface area contributed by atoms with E-state index in [1.54, 1.807) is 42.5 Å². The molecule has 1 N–H and O–H groups in total. The van der Waals surface area contributed by atoms with E-state index in [-0.39, 0.29) is 23.8 Å². The quantitative estimate of drug-likeness (QED) is 0.226. The highest BCUT2D eigenvalue weighted by Gasteiger charge is 2.34. The van der Waals surface area contributed by atoms with Crippen molar-refractivity contribution in [3.63, 3.8) is 0 Å². The standard InChI is InChI=1S/C32H31Cl2N3O4S/c1-23-8-6-13-28(18-23)37(42(40,41)29-16-14-26(33)15-17-29)22-31(38)36(21-25-11-7-12-27(34)19-25)30(32(39)35-2)20-24-9-4-3-5-10-24/h3-19,30H,20-22H2,1-2H3,(H,35,39)/t30-/m1/s1. The van der Waals surface area contributed by atoms with E-state index in [0.29, 0.717) is 21.3 Å².